The lowest BCUT2D eigenvalue weighted by Crippen LogP contribution is -2.30. The molecule has 1 aliphatic rings. The number of carboxylic acid groups (broad SMARTS) is 1. The third-order valence-electron chi connectivity index (χ3n) is 3.53. The van der Waals surface area contributed by atoms with Gasteiger partial charge in [-0.25, -0.2) is 0 Å². The minimum atomic E-state index is -0.805. The van der Waals surface area contributed by atoms with Gasteiger partial charge in [0.1, 0.15) is 0 Å². The van der Waals surface area contributed by atoms with E-state index in [0.29, 0.717) is 5.56 Å². The van der Waals surface area contributed by atoms with Crippen LogP contribution in [0.4, 0.5) is 0 Å². The van der Waals surface area contributed by atoms with Crippen molar-refractivity contribution < 1.29 is 9.90 Å². The molecule has 1 saturated heterocycles. The lowest BCUT2D eigenvalue weighted by atomic mass is 10.0. The van der Waals surface area contributed by atoms with Crippen molar-refractivity contribution >= 4 is 13.8 Å². The zero-order valence-electron chi connectivity index (χ0n) is 12.4. The van der Waals surface area contributed by atoms with E-state index >= 15 is 0 Å². The van der Waals surface area contributed by atoms with Crippen molar-refractivity contribution in [2.24, 2.45) is 0 Å². The van der Waals surface area contributed by atoms with E-state index in [9.17, 15) is 9.59 Å². The Hall–Kier alpha value is -1.56. The summed E-state index contributed by atoms with van der Waals surface area (Å²) in [5.74, 6) is -0.805. The maximum Gasteiger partial charge on any atom is 0.317 e. The Morgan fingerprint density at radius 3 is 2.75 bits per heavy atom. The molecule has 0 bridgehead atoms. The summed E-state index contributed by atoms with van der Waals surface area (Å²) in [6, 6.07) is 2.00. The van der Waals surface area contributed by atoms with Crippen LogP contribution < -0.4 is 5.56 Å². The average Bonchev–Trinajstić information content (AvgIpc) is 2.83. The molecule has 20 heavy (non-hydrogen) atoms. The molecule has 0 saturated carbocycles. The SMILES string of the molecule is Cc1[nH]c(=O)c(C)cc1C1CCCN1CC(=O)O.[BH]C. The second kappa shape index (κ2) is 7.29. The fraction of sp³-hybridized carbons (Fsp3) is 0.571. The van der Waals surface area contributed by atoms with Crippen molar-refractivity contribution in [1.82, 2.24) is 9.88 Å². The highest BCUT2D eigenvalue weighted by atomic mass is 16.4. The summed E-state index contributed by atoms with van der Waals surface area (Å²) in [6.45, 7) is 6.25. The molecule has 1 radical (unpaired) electrons. The first kappa shape index (κ1) is 16.5. The monoisotopic (exact) mass is 277 g/mol. The first-order chi connectivity index (χ1) is 9.49. The molecule has 109 valence electrons. The van der Waals surface area contributed by atoms with Gasteiger partial charge in [0, 0.05) is 17.3 Å². The van der Waals surface area contributed by atoms with Gasteiger partial charge in [-0.05, 0) is 44.9 Å². The van der Waals surface area contributed by atoms with Crippen LogP contribution in [0.25, 0.3) is 0 Å². The van der Waals surface area contributed by atoms with E-state index in [1.807, 2.05) is 17.9 Å². The van der Waals surface area contributed by atoms with Crippen molar-refractivity contribution in [1.29, 1.82) is 0 Å². The molecular formula is C14H22BN2O3. The van der Waals surface area contributed by atoms with E-state index in [0.717, 1.165) is 30.6 Å². The summed E-state index contributed by atoms with van der Waals surface area (Å²) in [5.41, 5.74) is 2.50. The smallest absolute Gasteiger partial charge is 0.317 e. The molecule has 0 aromatic carbocycles. The van der Waals surface area contributed by atoms with Crippen molar-refractivity contribution in [2.45, 2.75) is 39.6 Å². The maximum absolute atomic E-state index is 11.5. The molecule has 1 unspecified atom stereocenters. The highest BCUT2D eigenvalue weighted by Crippen LogP contribution is 2.32. The summed E-state index contributed by atoms with van der Waals surface area (Å²) in [4.78, 5) is 27.1. The van der Waals surface area contributed by atoms with E-state index in [1.165, 1.54) is 0 Å². The molecular weight excluding hydrogens is 255 g/mol. The number of aromatic nitrogens is 1. The van der Waals surface area contributed by atoms with Crippen LogP contribution in [-0.4, -0.2) is 41.9 Å². The van der Waals surface area contributed by atoms with Gasteiger partial charge in [0.25, 0.3) is 5.56 Å². The van der Waals surface area contributed by atoms with E-state index in [1.54, 1.807) is 13.7 Å². The quantitative estimate of drug-likeness (QED) is 0.813. The highest BCUT2D eigenvalue weighted by molar-refractivity contribution is 6.05. The molecule has 1 aliphatic heterocycles. The summed E-state index contributed by atoms with van der Waals surface area (Å²) in [6.07, 6.45) is 1.94. The zero-order valence-corrected chi connectivity index (χ0v) is 12.4. The van der Waals surface area contributed by atoms with Crippen LogP contribution in [0.5, 0.6) is 0 Å². The van der Waals surface area contributed by atoms with Gasteiger partial charge in [-0.15, -0.1) is 0 Å². The number of aliphatic carboxylic acids is 1. The Morgan fingerprint density at radius 1 is 1.50 bits per heavy atom. The number of pyridine rings is 1. The van der Waals surface area contributed by atoms with Gasteiger partial charge in [-0.1, -0.05) is 6.82 Å². The fourth-order valence-corrected chi connectivity index (χ4v) is 2.64. The molecule has 2 heterocycles. The molecule has 2 rings (SSSR count). The Labute approximate surface area is 120 Å². The topological polar surface area (TPSA) is 73.4 Å². The van der Waals surface area contributed by atoms with Crippen molar-refractivity contribution in [2.75, 3.05) is 13.1 Å². The predicted molar refractivity (Wildman–Crippen MR) is 80.7 cm³/mol. The number of aromatic amines is 1. The summed E-state index contributed by atoms with van der Waals surface area (Å²) in [7, 11) is 3.25. The Kier molecular flexibility index (Phi) is 6.01. The number of rotatable bonds is 3. The zero-order chi connectivity index (χ0) is 15.3. The second-order valence-electron chi connectivity index (χ2n) is 4.88. The molecule has 1 fully saturated rings. The van der Waals surface area contributed by atoms with Gasteiger partial charge >= 0.3 is 5.97 Å². The number of nitrogens with zero attached hydrogens (tertiary/aromatic N) is 1. The van der Waals surface area contributed by atoms with Gasteiger partial charge in [0.05, 0.1) is 14.4 Å². The molecule has 5 nitrogen and oxygen atoms in total. The number of aryl methyl sites for hydroxylation is 2. The summed E-state index contributed by atoms with van der Waals surface area (Å²) >= 11 is 0. The number of hydrogen-bond donors (Lipinski definition) is 2. The molecule has 1 aromatic rings. The van der Waals surface area contributed by atoms with Crippen LogP contribution in [-0.2, 0) is 4.79 Å². The Balaban J connectivity index is 0.000000956. The lowest BCUT2D eigenvalue weighted by molar-refractivity contribution is -0.138. The van der Waals surface area contributed by atoms with Crippen LogP contribution in [0.15, 0.2) is 10.9 Å². The van der Waals surface area contributed by atoms with E-state index < -0.39 is 5.97 Å². The van der Waals surface area contributed by atoms with Crippen LogP contribution in [0, 0.1) is 13.8 Å². The van der Waals surface area contributed by atoms with Crippen molar-refractivity contribution in [3.8, 4) is 0 Å². The standard InChI is InChI=1S/C13H18N2O3.CH4B/c1-8-6-10(9(2)14-13(8)18)11-4-3-5-15(11)7-12(16)17;1-2/h6,11H,3-5,7H2,1-2H3,(H,14,18)(H,16,17);2H,1H3. The number of H-pyrrole nitrogens is 1. The number of hydrogen-bond acceptors (Lipinski definition) is 3. The van der Waals surface area contributed by atoms with Crippen LogP contribution in [0.2, 0.25) is 6.82 Å². The lowest BCUT2D eigenvalue weighted by Gasteiger charge is -2.24. The summed E-state index contributed by atoms with van der Waals surface area (Å²) in [5, 5.41) is 8.91. The third-order valence-corrected chi connectivity index (χ3v) is 3.53. The Morgan fingerprint density at radius 2 is 2.15 bits per heavy atom. The Bertz CT molecular complexity index is 528. The second-order valence-corrected chi connectivity index (χ2v) is 4.88. The fourth-order valence-electron chi connectivity index (χ4n) is 2.64. The number of nitrogens with one attached hydrogen (secondary N) is 1. The average molecular weight is 277 g/mol. The first-order valence-electron chi connectivity index (χ1n) is 6.86. The first-order valence-corrected chi connectivity index (χ1v) is 6.86. The molecule has 1 atom stereocenters. The predicted octanol–water partition coefficient (Wildman–Crippen LogP) is 1.15. The molecule has 6 heteroatoms. The minimum Gasteiger partial charge on any atom is -0.480 e. The van der Waals surface area contributed by atoms with Crippen LogP contribution in [0.1, 0.15) is 35.7 Å². The molecule has 0 spiro atoms. The van der Waals surface area contributed by atoms with Gasteiger partial charge < -0.3 is 10.1 Å². The summed E-state index contributed by atoms with van der Waals surface area (Å²) < 4.78 is 0. The third kappa shape index (κ3) is 3.73. The molecule has 1 aromatic heterocycles. The normalized spacial score (nSPS) is 18.4. The van der Waals surface area contributed by atoms with E-state index in [2.05, 4.69) is 12.8 Å². The van der Waals surface area contributed by atoms with Crippen molar-refractivity contribution in [3.63, 3.8) is 0 Å². The molecule has 0 aliphatic carbocycles. The van der Waals surface area contributed by atoms with Crippen molar-refractivity contribution in [3.05, 3.63) is 33.2 Å². The van der Waals surface area contributed by atoms with Gasteiger partial charge in [-0.2, -0.15) is 0 Å². The van der Waals surface area contributed by atoms with Gasteiger partial charge in [0.15, 0.2) is 0 Å². The molecule has 2 N–H and O–H groups in total. The molecule has 0 amide bonds. The minimum absolute atomic E-state index is 0.0578. The van der Waals surface area contributed by atoms with E-state index in [-0.39, 0.29) is 18.1 Å². The van der Waals surface area contributed by atoms with Crippen LogP contribution >= 0.6 is 0 Å². The maximum atomic E-state index is 11.5. The number of carbonyl (C=O) groups is 1. The van der Waals surface area contributed by atoms with Gasteiger partial charge in [-0.3, -0.25) is 14.5 Å². The number of carboxylic acids is 1. The van der Waals surface area contributed by atoms with Crippen LogP contribution in [0.3, 0.4) is 0 Å². The number of likely N-dealkylation sites (tertiary alicyclic amines) is 1. The largest absolute Gasteiger partial charge is 0.480 e. The van der Waals surface area contributed by atoms with Gasteiger partial charge in [0.2, 0.25) is 0 Å². The highest BCUT2D eigenvalue weighted by Gasteiger charge is 2.28. The van der Waals surface area contributed by atoms with E-state index in [4.69, 9.17) is 5.11 Å².